The van der Waals surface area contributed by atoms with Crippen molar-refractivity contribution in [2.45, 2.75) is 39.7 Å². The zero-order chi connectivity index (χ0) is 14.5. The number of rotatable bonds is 6. The highest BCUT2D eigenvalue weighted by Crippen LogP contribution is 2.23. The fourth-order valence-corrected chi connectivity index (χ4v) is 2.96. The van der Waals surface area contributed by atoms with Crippen LogP contribution in [0.4, 0.5) is 0 Å². The molecule has 1 atom stereocenters. The van der Waals surface area contributed by atoms with E-state index in [9.17, 15) is 0 Å². The molecule has 1 aromatic carbocycles. The van der Waals surface area contributed by atoms with Crippen molar-refractivity contribution < 1.29 is 4.74 Å². The Morgan fingerprint density at radius 2 is 1.95 bits per heavy atom. The topological polar surface area (TPSA) is 48.1 Å². The van der Waals surface area contributed by atoms with Gasteiger partial charge in [-0.3, -0.25) is 0 Å². The molecule has 1 aromatic heterocycles. The average Bonchev–Trinajstić information content (AvgIpc) is 2.75. The maximum Gasteiger partial charge on any atom is 0.119 e. The molecule has 2 rings (SSSR count). The molecule has 1 heterocycles. The predicted molar refractivity (Wildman–Crippen MR) is 84.4 cm³/mol. The highest BCUT2D eigenvalue weighted by Gasteiger charge is 2.11. The molecular formula is C16H22N2OS. The first kappa shape index (κ1) is 15.0. The fraction of sp³-hybridized carbons (Fsp3) is 0.438. The lowest BCUT2D eigenvalue weighted by molar-refractivity contribution is 0.317. The number of thiazole rings is 1. The van der Waals surface area contributed by atoms with Crippen molar-refractivity contribution in [1.29, 1.82) is 0 Å². The summed E-state index contributed by atoms with van der Waals surface area (Å²) < 4.78 is 5.58. The third-order valence-electron chi connectivity index (χ3n) is 3.25. The van der Waals surface area contributed by atoms with Crippen molar-refractivity contribution in [3.8, 4) is 5.75 Å². The minimum atomic E-state index is -0.0137. The van der Waals surface area contributed by atoms with Gasteiger partial charge in [-0.15, -0.1) is 11.3 Å². The van der Waals surface area contributed by atoms with Crippen LogP contribution in [-0.2, 0) is 6.42 Å². The molecule has 20 heavy (non-hydrogen) atoms. The summed E-state index contributed by atoms with van der Waals surface area (Å²) in [7, 11) is 0. The molecule has 0 bridgehead atoms. The Bertz CT molecular complexity index is 529. The highest BCUT2D eigenvalue weighted by molar-refractivity contribution is 7.11. The quantitative estimate of drug-likeness (QED) is 0.880. The molecule has 0 fully saturated rings. The summed E-state index contributed by atoms with van der Waals surface area (Å²) in [5.74, 6) is 0.906. The minimum absolute atomic E-state index is 0.0137. The van der Waals surface area contributed by atoms with E-state index < -0.39 is 0 Å². The summed E-state index contributed by atoms with van der Waals surface area (Å²) in [6.45, 7) is 6.99. The first-order valence-corrected chi connectivity index (χ1v) is 7.83. The van der Waals surface area contributed by atoms with Crippen LogP contribution in [0.15, 0.2) is 24.3 Å². The van der Waals surface area contributed by atoms with Crippen LogP contribution in [-0.4, -0.2) is 11.6 Å². The van der Waals surface area contributed by atoms with E-state index in [2.05, 4.69) is 18.8 Å². The van der Waals surface area contributed by atoms with Crippen molar-refractivity contribution in [3.05, 3.63) is 45.4 Å². The van der Waals surface area contributed by atoms with E-state index in [1.54, 1.807) is 11.3 Å². The highest BCUT2D eigenvalue weighted by atomic mass is 32.1. The molecule has 0 saturated heterocycles. The Balaban J connectivity index is 1.99. The zero-order valence-electron chi connectivity index (χ0n) is 12.3. The molecule has 0 aliphatic rings. The minimum Gasteiger partial charge on any atom is -0.494 e. The third kappa shape index (κ3) is 3.81. The van der Waals surface area contributed by atoms with E-state index in [0.717, 1.165) is 41.5 Å². The van der Waals surface area contributed by atoms with Crippen molar-refractivity contribution in [3.63, 3.8) is 0 Å². The van der Waals surface area contributed by atoms with Gasteiger partial charge in [-0.05, 0) is 38.0 Å². The van der Waals surface area contributed by atoms with Gasteiger partial charge in [0.15, 0.2) is 0 Å². The molecule has 108 valence electrons. The molecule has 2 N–H and O–H groups in total. The van der Waals surface area contributed by atoms with Gasteiger partial charge in [-0.1, -0.05) is 19.1 Å². The molecule has 0 spiro atoms. The normalized spacial score (nSPS) is 12.4. The van der Waals surface area contributed by atoms with Gasteiger partial charge < -0.3 is 10.5 Å². The number of hydrogen-bond donors (Lipinski definition) is 1. The van der Waals surface area contributed by atoms with Crippen LogP contribution in [0.2, 0.25) is 0 Å². The van der Waals surface area contributed by atoms with Crippen LogP contribution < -0.4 is 10.5 Å². The number of ether oxygens (including phenoxy) is 1. The second-order valence-electron chi connectivity index (χ2n) is 4.98. The van der Waals surface area contributed by atoms with E-state index in [4.69, 9.17) is 10.5 Å². The summed E-state index contributed by atoms with van der Waals surface area (Å²) in [5.41, 5.74) is 8.50. The van der Waals surface area contributed by atoms with Gasteiger partial charge in [0.2, 0.25) is 0 Å². The van der Waals surface area contributed by atoms with E-state index in [1.807, 2.05) is 31.2 Å². The Kier molecular flexibility index (Phi) is 5.15. The summed E-state index contributed by atoms with van der Waals surface area (Å²) in [4.78, 5) is 5.82. The molecule has 0 amide bonds. The number of nitrogens with zero attached hydrogens (tertiary/aromatic N) is 1. The van der Waals surface area contributed by atoms with Gasteiger partial charge >= 0.3 is 0 Å². The molecule has 0 saturated carbocycles. The van der Waals surface area contributed by atoms with Crippen LogP contribution >= 0.6 is 11.3 Å². The van der Waals surface area contributed by atoms with Crippen LogP contribution in [0.1, 0.15) is 40.5 Å². The maximum atomic E-state index is 6.26. The second-order valence-corrected chi connectivity index (χ2v) is 6.27. The molecule has 0 radical (unpaired) electrons. The van der Waals surface area contributed by atoms with E-state index in [0.29, 0.717) is 0 Å². The number of nitrogens with two attached hydrogens (primary N) is 1. The van der Waals surface area contributed by atoms with Gasteiger partial charge in [-0.25, -0.2) is 4.98 Å². The van der Waals surface area contributed by atoms with Crippen molar-refractivity contribution >= 4 is 11.3 Å². The van der Waals surface area contributed by atoms with Gasteiger partial charge in [0, 0.05) is 17.3 Å². The summed E-state index contributed by atoms with van der Waals surface area (Å²) >= 11 is 1.74. The number of aryl methyl sites for hydroxylation is 2. The largest absolute Gasteiger partial charge is 0.494 e. The van der Waals surface area contributed by atoms with Crippen LogP contribution in [0.3, 0.4) is 0 Å². The smallest absolute Gasteiger partial charge is 0.119 e. The fourth-order valence-electron chi connectivity index (χ4n) is 1.96. The summed E-state index contributed by atoms with van der Waals surface area (Å²) in [6.07, 6.45) is 1.80. The Labute approximate surface area is 124 Å². The van der Waals surface area contributed by atoms with E-state index >= 15 is 0 Å². The molecule has 4 heteroatoms. The Morgan fingerprint density at radius 3 is 2.50 bits per heavy atom. The van der Waals surface area contributed by atoms with Crippen LogP contribution in [0.5, 0.6) is 5.75 Å². The summed E-state index contributed by atoms with van der Waals surface area (Å²) in [5, 5.41) is 1.11. The number of hydrogen-bond acceptors (Lipinski definition) is 4. The maximum absolute atomic E-state index is 6.26. The van der Waals surface area contributed by atoms with Crippen molar-refractivity contribution in [2.24, 2.45) is 5.73 Å². The van der Waals surface area contributed by atoms with E-state index in [-0.39, 0.29) is 6.04 Å². The zero-order valence-corrected chi connectivity index (χ0v) is 13.2. The summed E-state index contributed by atoms with van der Waals surface area (Å²) in [6, 6.07) is 8.05. The van der Waals surface area contributed by atoms with Crippen molar-refractivity contribution in [2.75, 3.05) is 6.61 Å². The molecule has 2 aromatic rings. The van der Waals surface area contributed by atoms with Gasteiger partial charge in [-0.2, -0.15) is 0 Å². The van der Waals surface area contributed by atoms with E-state index in [1.165, 1.54) is 4.88 Å². The van der Waals surface area contributed by atoms with Gasteiger partial charge in [0.25, 0.3) is 0 Å². The van der Waals surface area contributed by atoms with Gasteiger partial charge in [0.05, 0.1) is 17.3 Å². The second kappa shape index (κ2) is 6.86. The molecular weight excluding hydrogens is 268 g/mol. The SMILES string of the molecule is CCCOc1ccc(C(N)Cc2nc(C)c(C)s2)cc1. The molecule has 3 nitrogen and oxygen atoms in total. The number of aromatic nitrogens is 1. The first-order valence-electron chi connectivity index (χ1n) is 7.01. The van der Waals surface area contributed by atoms with Crippen LogP contribution in [0.25, 0.3) is 0 Å². The monoisotopic (exact) mass is 290 g/mol. The molecule has 0 aliphatic heterocycles. The average molecular weight is 290 g/mol. The lowest BCUT2D eigenvalue weighted by Crippen LogP contribution is -2.13. The van der Waals surface area contributed by atoms with Crippen molar-refractivity contribution in [1.82, 2.24) is 4.98 Å². The lowest BCUT2D eigenvalue weighted by Gasteiger charge is -2.11. The first-order chi connectivity index (χ1) is 9.60. The van der Waals surface area contributed by atoms with Crippen LogP contribution in [0, 0.1) is 13.8 Å². The standard InChI is InChI=1S/C16H22N2OS/c1-4-9-19-14-7-5-13(6-8-14)15(17)10-16-18-11(2)12(3)20-16/h5-8,15H,4,9-10,17H2,1-3H3. The molecule has 0 aliphatic carbocycles. The third-order valence-corrected chi connectivity index (χ3v) is 4.34. The molecule has 1 unspecified atom stereocenters. The Hall–Kier alpha value is -1.39. The number of benzene rings is 1. The Morgan fingerprint density at radius 1 is 1.25 bits per heavy atom. The predicted octanol–water partition coefficient (Wildman–Crippen LogP) is 3.79. The van der Waals surface area contributed by atoms with Gasteiger partial charge in [0.1, 0.15) is 5.75 Å². The lowest BCUT2D eigenvalue weighted by atomic mass is 10.1.